The van der Waals surface area contributed by atoms with Crippen molar-refractivity contribution in [2.24, 2.45) is 5.41 Å². The number of carbonyl (C=O) groups excluding carboxylic acids is 1. The summed E-state index contributed by atoms with van der Waals surface area (Å²) in [5.74, 6) is -1.06. The Kier molecular flexibility index (Phi) is 4.35. The van der Waals surface area contributed by atoms with Crippen LogP contribution in [0.5, 0.6) is 0 Å². The third-order valence-corrected chi connectivity index (χ3v) is 2.61. The molecule has 94 valence electrons. The largest absolute Gasteiger partial charge is 0.480 e. The van der Waals surface area contributed by atoms with Gasteiger partial charge >= 0.3 is 12.0 Å². The summed E-state index contributed by atoms with van der Waals surface area (Å²) >= 11 is 0. The molecule has 0 aliphatic carbocycles. The van der Waals surface area contributed by atoms with E-state index in [0.29, 0.717) is 0 Å². The van der Waals surface area contributed by atoms with Crippen LogP contribution in [-0.4, -0.2) is 28.7 Å². The second kappa shape index (κ2) is 4.72. The molecule has 1 atom stereocenters. The Bertz CT molecular complexity index is 279. The third kappa shape index (κ3) is 4.51. The number of amides is 2. The van der Waals surface area contributed by atoms with Crippen LogP contribution in [0.3, 0.4) is 0 Å². The molecule has 2 amide bonds. The zero-order chi connectivity index (χ0) is 13.1. The van der Waals surface area contributed by atoms with Gasteiger partial charge in [-0.15, -0.1) is 0 Å². The second-order valence-electron chi connectivity index (χ2n) is 5.62. The van der Waals surface area contributed by atoms with Crippen LogP contribution in [0.25, 0.3) is 0 Å². The van der Waals surface area contributed by atoms with E-state index in [2.05, 4.69) is 10.6 Å². The molecule has 0 saturated carbocycles. The second-order valence-corrected chi connectivity index (χ2v) is 5.62. The number of hydrogen-bond donors (Lipinski definition) is 3. The van der Waals surface area contributed by atoms with Gasteiger partial charge in [0.1, 0.15) is 5.54 Å². The maximum atomic E-state index is 11.5. The van der Waals surface area contributed by atoms with Crippen LogP contribution in [0.1, 0.15) is 41.5 Å². The number of aliphatic carboxylic acids is 1. The summed E-state index contributed by atoms with van der Waals surface area (Å²) in [6.07, 6.45) is 0. The Morgan fingerprint density at radius 3 is 1.88 bits per heavy atom. The van der Waals surface area contributed by atoms with Crippen LogP contribution in [0.2, 0.25) is 0 Å². The minimum absolute atomic E-state index is 0.0444. The van der Waals surface area contributed by atoms with Crippen molar-refractivity contribution in [1.29, 1.82) is 0 Å². The van der Waals surface area contributed by atoms with Crippen molar-refractivity contribution < 1.29 is 14.7 Å². The first kappa shape index (κ1) is 14.7. The molecule has 5 heteroatoms. The van der Waals surface area contributed by atoms with E-state index in [1.165, 1.54) is 13.8 Å². The molecule has 1 unspecified atom stereocenters. The van der Waals surface area contributed by atoms with Crippen molar-refractivity contribution in [1.82, 2.24) is 10.6 Å². The quantitative estimate of drug-likeness (QED) is 0.688. The molecule has 0 aliphatic rings. The SMILES string of the molecule is CC(NC(=O)NC(C)(C)C(=O)O)C(C)(C)C. The monoisotopic (exact) mass is 230 g/mol. The minimum atomic E-state index is -1.26. The van der Waals surface area contributed by atoms with Crippen molar-refractivity contribution in [3.63, 3.8) is 0 Å². The molecule has 3 N–H and O–H groups in total. The van der Waals surface area contributed by atoms with Crippen LogP contribution < -0.4 is 10.6 Å². The molecule has 0 aromatic heterocycles. The molecule has 0 heterocycles. The zero-order valence-electron chi connectivity index (χ0n) is 10.8. The molecule has 0 aromatic rings. The van der Waals surface area contributed by atoms with Gasteiger partial charge in [-0.1, -0.05) is 20.8 Å². The van der Waals surface area contributed by atoms with E-state index in [9.17, 15) is 9.59 Å². The fourth-order valence-corrected chi connectivity index (χ4v) is 0.787. The van der Waals surface area contributed by atoms with Crippen molar-refractivity contribution in [2.75, 3.05) is 0 Å². The van der Waals surface area contributed by atoms with Gasteiger partial charge in [-0.05, 0) is 26.2 Å². The number of hydrogen-bond acceptors (Lipinski definition) is 2. The van der Waals surface area contributed by atoms with Crippen molar-refractivity contribution >= 4 is 12.0 Å². The van der Waals surface area contributed by atoms with E-state index in [1.54, 1.807) is 0 Å². The highest BCUT2D eigenvalue weighted by molar-refractivity contribution is 5.85. The summed E-state index contributed by atoms with van der Waals surface area (Å²) < 4.78 is 0. The van der Waals surface area contributed by atoms with Crippen LogP contribution in [-0.2, 0) is 4.79 Å². The fraction of sp³-hybridized carbons (Fsp3) is 0.818. The maximum absolute atomic E-state index is 11.5. The van der Waals surface area contributed by atoms with E-state index in [4.69, 9.17) is 5.11 Å². The van der Waals surface area contributed by atoms with Gasteiger partial charge in [-0.25, -0.2) is 9.59 Å². The Morgan fingerprint density at radius 2 is 1.56 bits per heavy atom. The number of carboxylic acids is 1. The minimum Gasteiger partial charge on any atom is -0.480 e. The first-order valence-corrected chi connectivity index (χ1v) is 5.29. The first-order chi connectivity index (χ1) is 6.97. The standard InChI is InChI=1S/C11H22N2O3/c1-7(10(2,3)4)12-9(16)13-11(5,6)8(14)15/h7H,1-6H3,(H,14,15)(H2,12,13,16). The Balaban J connectivity index is 4.36. The normalized spacial score (nSPS) is 14.1. The van der Waals surface area contributed by atoms with Gasteiger partial charge in [-0.3, -0.25) is 0 Å². The Hall–Kier alpha value is -1.26. The smallest absolute Gasteiger partial charge is 0.328 e. The third-order valence-electron chi connectivity index (χ3n) is 2.61. The molecule has 16 heavy (non-hydrogen) atoms. The summed E-state index contributed by atoms with van der Waals surface area (Å²) in [7, 11) is 0. The molecular formula is C11H22N2O3. The van der Waals surface area contributed by atoms with Crippen molar-refractivity contribution in [3.05, 3.63) is 0 Å². The molecule has 0 aliphatic heterocycles. The lowest BCUT2D eigenvalue weighted by molar-refractivity contribution is -0.142. The number of nitrogens with one attached hydrogen (secondary N) is 2. The molecule has 0 saturated heterocycles. The molecule has 0 rings (SSSR count). The van der Waals surface area contributed by atoms with Gasteiger partial charge in [0, 0.05) is 6.04 Å². The van der Waals surface area contributed by atoms with Crippen molar-refractivity contribution in [2.45, 2.75) is 53.1 Å². The molecule has 0 bridgehead atoms. The molecule has 5 nitrogen and oxygen atoms in total. The van der Waals surface area contributed by atoms with Gasteiger partial charge < -0.3 is 15.7 Å². The average molecular weight is 230 g/mol. The molecule has 0 radical (unpaired) electrons. The Morgan fingerprint density at radius 1 is 1.12 bits per heavy atom. The lowest BCUT2D eigenvalue weighted by Crippen LogP contribution is -2.56. The topological polar surface area (TPSA) is 78.4 Å². The van der Waals surface area contributed by atoms with Crippen molar-refractivity contribution in [3.8, 4) is 0 Å². The maximum Gasteiger partial charge on any atom is 0.328 e. The van der Waals surface area contributed by atoms with Crippen LogP contribution >= 0.6 is 0 Å². The Labute approximate surface area is 96.6 Å². The number of rotatable bonds is 3. The molecule has 0 aromatic carbocycles. The highest BCUT2D eigenvalue weighted by Crippen LogP contribution is 2.18. The van der Waals surface area contributed by atoms with Crippen LogP contribution in [0, 0.1) is 5.41 Å². The van der Waals surface area contributed by atoms with Crippen LogP contribution in [0.4, 0.5) is 4.79 Å². The van der Waals surface area contributed by atoms with E-state index >= 15 is 0 Å². The number of carbonyl (C=O) groups is 2. The zero-order valence-corrected chi connectivity index (χ0v) is 10.8. The van der Waals surface area contributed by atoms with E-state index in [1.807, 2.05) is 27.7 Å². The number of urea groups is 1. The summed E-state index contributed by atoms with van der Waals surface area (Å²) in [5.41, 5.74) is -1.33. The molecule has 0 fully saturated rings. The molecular weight excluding hydrogens is 208 g/mol. The van der Waals surface area contributed by atoms with E-state index < -0.39 is 17.5 Å². The first-order valence-electron chi connectivity index (χ1n) is 5.29. The molecule has 0 spiro atoms. The highest BCUT2D eigenvalue weighted by Gasteiger charge is 2.30. The van der Waals surface area contributed by atoms with Gasteiger partial charge in [0.05, 0.1) is 0 Å². The van der Waals surface area contributed by atoms with Gasteiger partial charge in [0.25, 0.3) is 0 Å². The summed E-state index contributed by atoms with van der Waals surface area (Å²) in [5, 5.41) is 14.0. The average Bonchev–Trinajstić information content (AvgIpc) is 2.00. The van der Waals surface area contributed by atoms with E-state index in [-0.39, 0.29) is 11.5 Å². The summed E-state index contributed by atoms with van der Waals surface area (Å²) in [4.78, 5) is 22.3. The highest BCUT2D eigenvalue weighted by atomic mass is 16.4. The lowest BCUT2D eigenvalue weighted by atomic mass is 9.88. The predicted molar refractivity (Wildman–Crippen MR) is 62.3 cm³/mol. The van der Waals surface area contributed by atoms with Gasteiger partial charge in [-0.2, -0.15) is 0 Å². The van der Waals surface area contributed by atoms with Gasteiger partial charge in [0.2, 0.25) is 0 Å². The van der Waals surface area contributed by atoms with Gasteiger partial charge in [0.15, 0.2) is 0 Å². The van der Waals surface area contributed by atoms with Crippen LogP contribution in [0.15, 0.2) is 0 Å². The number of carboxylic acid groups (broad SMARTS) is 1. The van der Waals surface area contributed by atoms with E-state index in [0.717, 1.165) is 0 Å². The fourth-order valence-electron chi connectivity index (χ4n) is 0.787. The summed E-state index contributed by atoms with van der Waals surface area (Å²) in [6, 6.07) is -0.507. The lowest BCUT2D eigenvalue weighted by Gasteiger charge is -2.30. The predicted octanol–water partition coefficient (Wildman–Crippen LogP) is 1.58. The summed E-state index contributed by atoms with van der Waals surface area (Å²) in [6.45, 7) is 10.8.